The fourth-order valence-corrected chi connectivity index (χ4v) is 1.38. The Morgan fingerprint density at radius 3 is 2.60 bits per heavy atom. The van der Waals surface area contributed by atoms with Crippen molar-refractivity contribution in [1.29, 1.82) is 0 Å². The summed E-state index contributed by atoms with van der Waals surface area (Å²) in [6, 6.07) is 11.2. The standard InChI is InChI=1S/C11H11N3O/c12-11(15)14-7-6-10(13-14)8-9-4-2-1-3-5-9/h1-7H,8H2,(H2,12,15). The van der Waals surface area contributed by atoms with Crippen LogP contribution in [0.25, 0.3) is 0 Å². The molecule has 15 heavy (non-hydrogen) atoms. The fourth-order valence-electron chi connectivity index (χ4n) is 1.38. The number of nitrogens with two attached hydrogens (primary N) is 1. The Labute approximate surface area is 87.3 Å². The van der Waals surface area contributed by atoms with E-state index in [1.54, 1.807) is 12.3 Å². The van der Waals surface area contributed by atoms with Gasteiger partial charge in [-0.3, -0.25) is 0 Å². The molecule has 0 aliphatic rings. The lowest BCUT2D eigenvalue weighted by molar-refractivity contribution is 0.247. The molecule has 1 heterocycles. The quantitative estimate of drug-likeness (QED) is 0.798. The molecule has 2 rings (SSSR count). The number of hydrogen-bond donors (Lipinski definition) is 1. The van der Waals surface area contributed by atoms with Gasteiger partial charge in [-0.05, 0) is 11.6 Å². The van der Waals surface area contributed by atoms with Crippen molar-refractivity contribution in [2.75, 3.05) is 0 Å². The van der Waals surface area contributed by atoms with E-state index in [4.69, 9.17) is 5.73 Å². The number of hydrogen-bond acceptors (Lipinski definition) is 2. The maximum atomic E-state index is 10.8. The van der Waals surface area contributed by atoms with Crippen LogP contribution in [0.3, 0.4) is 0 Å². The van der Waals surface area contributed by atoms with Crippen LogP contribution in [-0.4, -0.2) is 15.8 Å². The van der Waals surface area contributed by atoms with Crippen LogP contribution in [0, 0.1) is 0 Å². The summed E-state index contributed by atoms with van der Waals surface area (Å²) in [5, 5.41) is 4.05. The second-order valence-corrected chi connectivity index (χ2v) is 3.25. The molecule has 1 amide bonds. The minimum Gasteiger partial charge on any atom is -0.350 e. The van der Waals surface area contributed by atoms with Gasteiger partial charge < -0.3 is 5.73 Å². The molecular weight excluding hydrogens is 190 g/mol. The minimum absolute atomic E-state index is 0.561. The molecule has 4 nitrogen and oxygen atoms in total. The highest BCUT2D eigenvalue weighted by atomic mass is 16.2. The molecule has 2 N–H and O–H groups in total. The molecule has 0 fully saturated rings. The molecule has 1 aromatic heterocycles. The second kappa shape index (κ2) is 3.96. The molecule has 2 aromatic rings. The Morgan fingerprint density at radius 2 is 2.00 bits per heavy atom. The van der Waals surface area contributed by atoms with Crippen LogP contribution < -0.4 is 5.73 Å². The summed E-state index contributed by atoms with van der Waals surface area (Å²) in [4.78, 5) is 10.8. The number of primary amides is 1. The van der Waals surface area contributed by atoms with E-state index < -0.39 is 6.03 Å². The highest BCUT2D eigenvalue weighted by molar-refractivity contribution is 5.73. The van der Waals surface area contributed by atoms with E-state index in [0.717, 1.165) is 15.9 Å². The molecule has 0 spiro atoms. The first-order valence-corrected chi connectivity index (χ1v) is 4.64. The summed E-state index contributed by atoms with van der Waals surface area (Å²) in [7, 11) is 0. The molecule has 0 aliphatic heterocycles. The van der Waals surface area contributed by atoms with Crippen LogP contribution in [0.4, 0.5) is 4.79 Å². The Balaban J connectivity index is 2.15. The first-order chi connectivity index (χ1) is 7.25. The van der Waals surface area contributed by atoms with Crippen LogP contribution in [0.1, 0.15) is 11.3 Å². The van der Waals surface area contributed by atoms with E-state index in [-0.39, 0.29) is 0 Å². The van der Waals surface area contributed by atoms with Crippen molar-refractivity contribution in [3.63, 3.8) is 0 Å². The largest absolute Gasteiger partial charge is 0.350 e. The van der Waals surface area contributed by atoms with Gasteiger partial charge in [0.1, 0.15) is 0 Å². The maximum Gasteiger partial charge on any atom is 0.339 e. The molecule has 0 unspecified atom stereocenters. The number of carbonyl (C=O) groups is 1. The van der Waals surface area contributed by atoms with E-state index in [2.05, 4.69) is 5.10 Å². The van der Waals surface area contributed by atoms with Gasteiger partial charge in [-0.25, -0.2) is 4.79 Å². The average molecular weight is 201 g/mol. The third-order valence-electron chi connectivity index (χ3n) is 2.10. The lowest BCUT2D eigenvalue weighted by Gasteiger charge is -1.96. The van der Waals surface area contributed by atoms with Crippen LogP contribution in [0.15, 0.2) is 42.6 Å². The third kappa shape index (κ3) is 2.22. The van der Waals surface area contributed by atoms with E-state index >= 15 is 0 Å². The smallest absolute Gasteiger partial charge is 0.339 e. The average Bonchev–Trinajstić information content (AvgIpc) is 2.68. The Morgan fingerprint density at radius 1 is 1.27 bits per heavy atom. The van der Waals surface area contributed by atoms with Crippen LogP contribution in [-0.2, 0) is 6.42 Å². The van der Waals surface area contributed by atoms with E-state index in [0.29, 0.717) is 6.42 Å². The normalized spacial score (nSPS) is 10.1. The molecular formula is C11H11N3O. The van der Waals surface area contributed by atoms with Gasteiger partial charge in [-0.1, -0.05) is 30.3 Å². The van der Waals surface area contributed by atoms with Gasteiger partial charge in [0.2, 0.25) is 0 Å². The number of aromatic nitrogens is 2. The lowest BCUT2D eigenvalue weighted by atomic mass is 10.1. The number of nitrogens with zero attached hydrogens (tertiary/aromatic N) is 2. The fraction of sp³-hybridized carbons (Fsp3) is 0.0909. The van der Waals surface area contributed by atoms with Gasteiger partial charge in [0.15, 0.2) is 0 Å². The lowest BCUT2D eigenvalue weighted by Crippen LogP contribution is -2.20. The Bertz CT molecular complexity index is 462. The SMILES string of the molecule is NC(=O)n1ccc(Cc2ccccc2)n1. The molecule has 4 heteroatoms. The number of carbonyl (C=O) groups excluding carboxylic acids is 1. The van der Waals surface area contributed by atoms with Crippen molar-refractivity contribution in [1.82, 2.24) is 9.78 Å². The van der Waals surface area contributed by atoms with Crippen molar-refractivity contribution >= 4 is 6.03 Å². The zero-order valence-corrected chi connectivity index (χ0v) is 8.13. The number of benzene rings is 1. The number of amides is 1. The van der Waals surface area contributed by atoms with Crippen molar-refractivity contribution in [2.24, 2.45) is 5.73 Å². The van der Waals surface area contributed by atoms with Gasteiger partial charge in [0.25, 0.3) is 0 Å². The second-order valence-electron chi connectivity index (χ2n) is 3.25. The summed E-state index contributed by atoms with van der Waals surface area (Å²) < 4.78 is 1.14. The van der Waals surface area contributed by atoms with Gasteiger partial charge >= 0.3 is 6.03 Å². The predicted molar refractivity (Wildman–Crippen MR) is 56.5 cm³/mol. The summed E-state index contributed by atoms with van der Waals surface area (Å²) in [5.41, 5.74) is 7.07. The highest BCUT2D eigenvalue weighted by Crippen LogP contribution is 2.06. The molecule has 1 aromatic carbocycles. The van der Waals surface area contributed by atoms with E-state index in [9.17, 15) is 4.79 Å². The molecule has 0 atom stereocenters. The van der Waals surface area contributed by atoms with Gasteiger partial charge in [0.05, 0.1) is 5.69 Å². The van der Waals surface area contributed by atoms with Gasteiger partial charge in [-0.15, -0.1) is 0 Å². The molecule has 0 saturated carbocycles. The Kier molecular flexibility index (Phi) is 2.49. The monoisotopic (exact) mass is 201 g/mol. The zero-order valence-electron chi connectivity index (χ0n) is 8.13. The minimum atomic E-state index is -0.561. The molecule has 0 saturated heterocycles. The summed E-state index contributed by atoms with van der Waals surface area (Å²) in [6.07, 6.45) is 2.28. The van der Waals surface area contributed by atoms with Crippen LogP contribution >= 0.6 is 0 Å². The topological polar surface area (TPSA) is 60.9 Å². The first kappa shape index (κ1) is 9.45. The maximum absolute atomic E-state index is 10.8. The predicted octanol–water partition coefficient (Wildman–Crippen LogP) is 1.40. The first-order valence-electron chi connectivity index (χ1n) is 4.64. The summed E-state index contributed by atoms with van der Waals surface area (Å²) >= 11 is 0. The van der Waals surface area contributed by atoms with Crippen molar-refractivity contribution in [3.8, 4) is 0 Å². The van der Waals surface area contributed by atoms with Gasteiger partial charge in [-0.2, -0.15) is 9.78 Å². The molecule has 0 bridgehead atoms. The molecule has 0 radical (unpaired) electrons. The highest BCUT2D eigenvalue weighted by Gasteiger charge is 2.03. The van der Waals surface area contributed by atoms with Crippen LogP contribution in [0.2, 0.25) is 0 Å². The van der Waals surface area contributed by atoms with Crippen molar-refractivity contribution in [2.45, 2.75) is 6.42 Å². The molecule has 0 aliphatic carbocycles. The molecule has 76 valence electrons. The van der Waals surface area contributed by atoms with Crippen molar-refractivity contribution < 1.29 is 4.79 Å². The van der Waals surface area contributed by atoms with E-state index in [1.165, 1.54) is 0 Å². The van der Waals surface area contributed by atoms with Gasteiger partial charge in [0, 0.05) is 12.6 Å². The van der Waals surface area contributed by atoms with Crippen LogP contribution in [0.5, 0.6) is 0 Å². The Hall–Kier alpha value is -2.10. The summed E-state index contributed by atoms with van der Waals surface area (Å²) in [6.45, 7) is 0. The van der Waals surface area contributed by atoms with Crippen molar-refractivity contribution in [3.05, 3.63) is 53.9 Å². The van der Waals surface area contributed by atoms with E-state index in [1.807, 2.05) is 30.3 Å². The third-order valence-corrected chi connectivity index (χ3v) is 2.10. The number of rotatable bonds is 2. The zero-order chi connectivity index (χ0) is 10.7. The summed E-state index contributed by atoms with van der Waals surface area (Å²) in [5.74, 6) is 0.